The van der Waals surface area contributed by atoms with Gasteiger partial charge in [-0.1, -0.05) is 40.8 Å². The number of ether oxygens (including phenoxy) is 3. The fourth-order valence-electron chi connectivity index (χ4n) is 2.12. The van der Waals surface area contributed by atoms with E-state index in [-0.39, 0.29) is 6.10 Å². The summed E-state index contributed by atoms with van der Waals surface area (Å²) in [5.74, 6) is 1.45. The number of alkyl halides is 1. The van der Waals surface area contributed by atoms with Crippen molar-refractivity contribution in [2.45, 2.75) is 12.5 Å². The average Bonchev–Trinajstić information content (AvgIpc) is 2.93. The monoisotopic (exact) mass is 362 g/mol. The molecule has 1 heterocycles. The van der Waals surface area contributed by atoms with Crippen LogP contribution in [0.1, 0.15) is 18.1 Å². The summed E-state index contributed by atoms with van der Waals surface area (Å²) < 4.78 is 17.7. The van der Waals surface area contributed by atoms with Crippen molar-refractivity contribution in [3.63, 3.8) is 0 Å². The van der Waals surface area contributed by atoms with Gasteiger partial charge in [0.25, 0.3) is 0 Å². The van der Waals surface area contributed by atoms with E-state index in [1.807, 2.05) is 18.2 Å². The predicted octanol–water partition coefficient (Wildman–Crippen LogP) is 3.22. The molecule has 1 aromatic carbocycles. The fourth-order valence-corrected chi connectivity index (χ4v) is 2.85. The van der Waals surface area contributed by atoms with Gasteiger partial charge in [-0.05, 0) is 12.5 Å². The van der Waals surface area contributed by atoms with Crippen LogP contribution in [-0.4, -0.2) is 31.4 Å². The highest BCUT2D eigenvalue weighted by atomic mass is 127. The molecule has 0 radical (unpaired) electrons. The molecular formula is C14H19IO3. The smallest absolute Gasteiger partial charge is 0.124 e. The standard InChI is InChI=1S/C14H19IO3/c1-16-13-5-3-2-4-12(13)14(8-15)18-10-11-6-7-17-9-11/h2-5,11,14H,6-10H2,1H3. The summed E-state index contributed by atoms with van der Waals surface area (Å²) in [6.45, 7) is 2.48. The molecule has 0 aromatic heterocycles. The Bertz CT molecular complexity index is 364. The van der Waals surface area contributed by atoms with Crippen molar-refractivity contribution in [1.82, 2.24) is 0 Å². The van der Waals surface area contributed by atoms with E-state index in [1.165, 1.54) is 0 Å². The van der Waals surface area contributed by atoms with E-state index in [0.717, 1.165) is 42.0 Å². The van der Waals surface area contributed by atoms with E-state index in [9.17, 15) is 0 Å². The van der Waals surface area contributed by atoms with Crippen LogP contribution < -0.4 is 4.74 Å². The van der Waals surface area contributed by atoms with Crippen LogP contribution in [0.25, 0.3) is 0 Å². The van der Waals surface area contributed by atoms with Gasteiger partial charge in [-0.15, -0.1) is 0 Å². The second-order valence-corrected chi connectivity index (χ2v) is 5.33. The van der Waals surface area contributed by atoms with Crippen LogP contribution in [-0.2, 0) is 9.47 Å². The molecule has 2 rings (SSSR count). The Hall–Kier alpha value is -0.330. The van der Waals surface area contributed by atoms with Gasteiger partial charge in [0.05, 0.1) is 26.4 Å². The molecule has 4 heteroatoms. The van der Waals surface area contributed by atoms with Gasteiger partial charge in [0.2, 0.25) is 0 Å². The molecule has 1 aliphatic rings. The van der Waals surface area contributed by atoms with E-state index in [1.54, 1.807) is 7.11 Å². The third-order valence-corrected chi connectivity index (χ3v) is 3.98. The van der Waals surface area contributed by atoms with Crippen molar-refractivity contribution < 1.29 is 14.2 Å². The summed E-state index contributed by atoms with van der Waals surface area (Å²) >= 11 is 2.36. The number of para-hydroxylation sites is 1. The first kappa shape index (κ1) is 14.1. The SMILES string of the molecule is COc1ccccc1C(CI)OCC1CCOC1. The quantitative estimate of drug-likeness (QED) is 0.575. The number of hydrogen-bond acceptors (Lipinski definition) is 3. The molecule has 0 aliphatic carbocycles. The van der Waals surface area contributed by atoms with Crippen LogP contribution in [0.3, 0.4) is 0 Å². The summed E-state index contributed by atoms with van der Waals surface area (Å²) in [5, 5.41) is 0. The molecule has 3 nitrogen and oxygen atoms in total. The highest BCUT2D eigenvalue weighted by Crippen LogP contribution is 2.29. The lowest BCUT2D eigenvalue weighted by Gasteiger charge is -2.20. The van der Waals surface area contributed by atoms with E-state index in [0.29, 0.717) is 5.92 Å². The van der Waals surface area contributed by atoms with Crippen LogP contribution in [0.2, 0.25) is 0 Å². The second-order valence-electron chi connectivity index (χ2n) is 4.45. The van der Waals surface area contributed by atoms with E-state index < -0.39 is 0 Å². The normalized spacial score (nSPS) is 20.9. The summed E-state index contributed by atoms with van der Waals surface area (Å²) in [5.41, 5.74) is 1.13. The topological polar surface area (TPSA) is 27.7 Å². The maximum absolute atomic E-state index is 6.04. The lowest BCUT2D eigenvalue weighted by Crippen LogP contribution is -2.14. The highest BCUT2D eigenvalue weighted by Gasteiger charge is 2.20. The minimum Gasteiger partial charge on any atom is -0.496 e. The van der Waals surface area contributed by atoms with E-state index >= 15 is 0 Å². The van der Waals surface area contributed by atoms with Crippen molar-refractivity contribution in [3.8, 4) is 5.75 Å². The number of halogens is 1. The fraction of sp³-hybridized carbons (Fsp3) is 0.571. The number of hydrogen-bond donors (Lipinski definition) is 0. The van der Waals surface area contributed by atoms with Crippen LogP contribution in [0.4, 0.5) is 0 Å². The number of rotatable bonds is 6. The van der Waals surface area contributed by atoms with Crippen molar-refractivity contribution >= 4 is 22.6 Å². The minimum atomic E-state index is 0.0994. The molecule has 2 unspecified atom stereocenters. The lowest BCUT2D eigenvalue weighted by atomic mass is 10.1. The zero-order valence-corrected chi connectivity index (χ0v) is 12.8. The molecule has 0 N–H and O–H groups in total. The largest absolute Gasteiger partial charge is 0.496 e. The van der Waals surface area contributed by atoms with Crippen molar-refractivity contribution in [1.29, 1.82) is 0 Å². The van der Waals surface area contributed by atoms with Gasteiger partial charge in [-0.3, -0.25) is 0 Å². The van der Waals surface area contributed by atoms with Crippen molar-refractivity contribution in [3.05, 3.63) is 29.8 Å². The average molecular weight is 362 g/mol. The Morgan fingerprint density at radius 3 is 2.94 bits per heavy atom. The third-order valence-electron chi connectivity index (χ3n) is 3.18. The summed E-state index contributed by atoms with van der Waals surface area (Å²) in [6.07, 6.45) is 1.21. The lowest BCUT2D eigenvalue weighted by molar-refractivity contribution is 0.0389. The van der Waals surface area contributed by atoms with Gasteiger partial charge in [-0.2, -0.15) is 0 Å². The van der Waals surface area contributed by atoms with Gasteiger partial charge < -0.3 is 14.2 Å². The Labute approximate surface area is 122 Å². The summed E-state index contributed by atoms with van der Waals surface area (Å²) in [6, 6.07) is 8.07. The molecule has 18 heavy (non-hydrogen) atoms. The predicted molar refractivity (Wildman–Crippen MR) is 79.5 cm³/mol. The molecule has 1 aromatic rings. The van der Waals surface area contributed by atoms with Crippen LogP contribution in [0.15, 0.2) is 24.3 Å². The minimum absolute atomic E-state index is 0.0994. The third kappa shape index (κ3) is 3.59. The molecule has 1 fully saturated rings. The summed E-state index contributed by atoms with van der Waals surface area (Å²) in [4.78, 5) is 0. The zero-order valence-electron chi connectivity index (χ0n) is 10.6. The molecule has 0 bridgehead atoms. The zero-order chi connectivity index (χ0) is 12.8. The van der Waals surface area contributed by atoms with Gasteiger partial charge in [0, 0.05) is 22.5 Å². The number of benzene rings is 1. The van der Waals surface area contributed by atoms with Crippen LogP contribution in [0.5, 0.6) is 5.75 Å². The van der Waals surface area contributed by atoms with Crippen molar-refractivity contribution in [2.75, 3.05) is 31.4 Å². The van der Waals surface area contributed by atoms with Gasteiger partial charge in [0.15, 0.2) is 0 Å². The molecule has 100 valence electrons. The maximum Gasteiger partial charge on any atom is 0.124 e. The molecule has 0 saturated carbocycles. The Morgan fingerprint density at radius 2 is 2.28 bits per heavy atom. The molecule has 0 amide bonds. The first-order valence-corrected chi connectivity index (χ1v) is 7.76. The Morgan fingerprint density at radius 1 is 1.44 bits per heavy atom. The highest BCUT2D eigenvalue weighted by molar-refractivity contribution is 14.1. The Balaban J connectivity index is 1.98. The Kier molecular flexibility index (Phi) is 5.72. The van der Waals surface area contributed by atoms with Gasteiger partial charge in [-0.25, -0.2) is 0 Å². The van der Waals surface area contributed by atoms with E-state index in [2.05, 4.69) is 28.7 Å². The molecular weight excluding hydrogens is 343 g/mol. The second kappa shape index (κ2) is 7.31. The van der Waals surface area contributed by atoms with Gasteiger partial charge >= 0.3 is 0 Å². The van der Waals surface area contributed by atoms with Crippen LogP contribution >= 0.6 is 22.6 Å². The molecule has 0 spiro atoms. The van der Waals surface area contributed by atoms with E-state index in [4.69, 9.17) is 14.2 Å². The molecule has 1 saturated heterocycles. The maximum atomic E-state index is 6.04. The molecule has 1 aliphatic heterocycles. The van der Waals surface area contributed by atoms with Gasteiger partial charge in [0.1, 0.15) is 5.75 Å². The first-order valence-electron chi connectivity index (χ1n) is 6.23. The van der Waals surface area contributed by atoms with Crippen molar-refractivity contribution in [2.24, 2.45) is 5.92 Å². The summed E-state index contributed by atoms with van der Waals surface area (Å²) in [7, 11) is 1.70. The first-order chi connectivity index (χ1) is 8.85. The molecule has 2 atom stereocenters. The number of methoxy groups -OCH3 is 1. The van der Waals surface area contributed by atoms with Crippen LogP contribution in [0, 0.1) is 5.92 Å².